The van der Waals surface area contributed by atoms with Crippen LogP contribution in [0, 0.1) is 5.82 Å². The molecule has 17 nitrogen and oxygen atoms in total. The predicted octanol–water partition coefficient (Wildman–Crippen LogP) is 13.6. The summed E-state index contributed by atoms with van der Waals surface area (Å²) in [5, 5.41) is 14.3. The number of likely N-dealkylation sites (N-methyl/N-ethyl adjacent to an activating group) is 2. The fourth-order valence-corrected chi connectivity index (χ4v) is 14.6. The summed E-state index contributed by atoms with van der Waals surface area (Å²) in [6.07, 6.45) is -3.11. The summed E-state index contributed by atoms with van der Waals surface area (Å²) in [5.41, 5.74) is -0.380. The summed E-state index contributed by atoms with van der Waals surface area (Å²) in [5.74, 6) is -1.92. The first-order valence-corrected chi connectivity index (χ1v) is 33.5. The van der Waals surface area contributed by atoms with Crippen LogP contribution in [0.25, 0.3) is 11.1 Å². The average molecular weight is 1460 g/mol. The van der Waals surface area contributed by atoms with Crippen molar-refractivity contribution in [2.45, 2.75) is 106 Å². The van der Waals surface area contributed by atoms with Gasteiger partial charge < -0.3 is 49.3 Å². The zero-order valence-corrected chi connectivity index (χ0v) is 58.7. The first-order chi connectivity index (χ1) is 45.9. The van der Waals surface area contributed by atoms with E-state index in [-0.39, 0.29) is 92.7 Å². The molecule has 99 heavy (non-hydrogen) atoms. The van der Waals surface area contributed by atoms with Gasteiger partial charge in [0.25, 0.3) is 11.8 Å². The normalized spacial score (nSPS) is 17.8. The molecule has 2 N–H and O–H groups in total. The standard InChI is InChI=1S/C71H82F7N9O8S.3ClH/c1-81(32-14-33-83(3)65(91)60-45-80-66(96-60)79-31-13-5-8-21-62(88)82(2)39-40-84-34-26-56(27-35-84)87(67(92)93)59-20-12-10-18-57(59)49-15-6-4-7-16-49)63(89)46-94-61-43-50-17-9-11-19-58(50)68(61)28-36-85(37-29-68)38-30-69(52-22-24-55(72)25-23-52)47-86(48-95-69)64(90)51-41-53(70(73,74)75)44-54(42-51)71(76,77)78;;;/h4,6-7,9-12,15-20,22-25,41-42,44-45,56,61H,5,8,13-14,21,26-40,43,46-48H2,1-3H3,(H,79,80)(H,92,93);3*1H/t61-,69-;;;/m0.../s1. The van der Waals surface area contributed by atoms with Gasteiger partial charge in [-0.05, 0) is 130 Å². The Morgan fingerprint density at radius 2 is 1.34 bits per heavy atom. The van der Waals surface area contributed by atoms with Crippen LogP contribution < -0.4 is 10.2 Å². The third-order valence-corrected chi connectivity index (χ3v) is 20.3. The van der Waals surface area contributed by atoms with Crippen LogP contribution >= 0.6 is 48.6 Å². The smallest absolute Gasteiger partial charge is 0.416 e. The van der Waals surface area contributed by atoms with E-state index in [9.17, 15) is 59.8 Å². The lowest BCUT2D eigenvalue weighted by molar-refractivity contribution is -0.143. The van der Waals surface area contributed by atoms with E-state index in [1.807, 2.05) is 73.8 Å². The predicted molar refractivity (Wildman–Crippen MR) is 373 cm³/mol. The van der Waals surface area contributed by atoms with Crippen LogP contribution in [0.2, 0.25) is 0 Å². The SMILES string of the molecule is CN(CCN1CCC(N(C(=O)O)c2ccccc2-c2ccccc2)CC1)C(=O)CCCCCNc1ncc(C(=O)N(C)CCCN(C)C(=O)CO[C@H]2Cc3ccccc3C23CCN(CC[C@@]2(c4ccc(F)cc4)CN(C(=O)c4cc(C(F)(F)F)cc(C(F)(F)F)c4)CO2)CC3)s1.Cl.Cl.Cl. The minimum atomic E-state index is -5.15. The first kappa shape index (κ1) is 79.2. The molecular weight excluding hydrogens is 1380 g/mol. The number of piperidine rings is 2. The minimum Gasteiger partial charge on any atom is -0.465 e. The number of hydrogen-bond acceptors (Lipinski definition) is 12. The van der Waals surface area contributed by atoms with Gasteiger partial charge in [0.1, 0.15) is 29.6 Å². The highest BCUT2D eigenvalue weighted by Crippen LogP contribution is 2.49. The van der Waals surface area contributed by atoms with Crippen molar-refractivity contribution in [3.05, 3.63) is 172 Å². The molecule has 3 fully saturated rings. The quantitative estimate of drug-likeness (QED) is 0.0390. The number of benzene rings is 5. The number of rotatable bonds is 26. The molecule has 4 aliphatic rings. The van der Waals surface area contributed by atoms with Crippen molar-refractivity contribution in [3.8, 4) is 11.1 Å². The number of carbonyl (C=O) groups is 5. The molecule has 6 aromatic rings. The highest BCUT2D eigenvalue weighted by atomic mass is 35.5. The molecule has 5 aromatic carbocycles. The van der Waals surface area contributed by atoms with Gasteiger partial charge >= 0.3 is 18.4 Å². The Hall–Kier alpha value is -7.10. The van der Waals surface area contributed by atoms with Crippen LogP contribution in [0.4, 0.5) is 46.3 Å². The molecule has 3 saturated heterocycles. The number of thiazole rings is 1. The van der Waals surface area contributed by atoms with E-state index in [4.69, 9.17) is 9.47 Å². The number of amides is 5. The monoisotopic (exact) mass is 1460 g/mol. The lowest BCUT2D eigenvalue weighted by Crippen LogP contribution is -2.50. The summed E-state index contributed by atoms with van der Waals surface area (Å²) in [4.78, 5) is 83.6. The summed E-state index contributed by atoms with van der Waals surface area (Å²) >= 11 is 1.27. The molecule has 2 atom stereocenters. The van der Waals surface area contributed by atoms with Gasteiger partial charge in [-0.15, -0.1) is 37.2 Å². The molecular formula is C71H85Cl3F7N9O8S. The van der Waals surface area contributed by atoms with Gasteiger partial charge in [0.15, 0.2) is 5.13 Å². The third kappa shape index (κ3) is 19.5. The minimum absolute atomic E-state index is 0. The number of carbonyl (C=O) groups excluding carboxylic acids is 4. The largest absolute Gasteiger partial charge is 0.465 e. The van der Waals surface area contributed by atoms with Crippen LogP contribution in [0.15, 0.2) is 128 Å². The summed E-state index contributed by atoms with van der Waals surface area (Å²) in [7, 11) is 5.25. The zero-order valence-electron chi connectivity index (χ0n) is 55.4. The van der Waals surface area contributed by atoms with Gasteiger partial charge in [0, 0.05) is 103 Å². The van der Waals surface area contributed by atoms with E-state index in [0.717, 1.165) is 59.5 Å². The summed E-state index contributed by atoms with van der Waals surface area (Å²) in [6.45, 7) is 4.99. The van der Waals surface area contributed by atoms with Crippen LogP contribution in [0.5, 0.6) is 0 Å². The molecule has 5 amide bonds. The second kappa shape index (κ2) is 35.0. The second-order valence-corrected chi connectivity index (χ2v) is 26.6. The summed E-state index contributed by atoms with van der Waals surface area (Å²) in [6, 6.07) is 31.6. The van der Waals surface area contributed by atoms with Crippen LogP contribution in [0.1, 0.15) is 112 Å². The second-order valence-electron chi connectivity index (χ2n) is 25.6. The number of hydrogen-bond donors (Lipinski definition) is 2. The molecule has 0 unspecified atom stereocenters. The molecule has 10 rings (SSSR count). The Bertz CT molecular complexity index is 3650. The molecule has 1 aliphatic carbocycles. The van der Waals surface area contributed by atoms with Crippen molar-refractivity contribution in [1.29, 1.82) is 0 Å². The maximum absolute atomic E-state index is 14.2. The highest BCUT2D eigenvalue weighted by molar-refractivity contribution is 7.17. The molecule has 0 bridgehead atoms. The van der Waals surface area contributed by atoms with Crippen molar-refractivity contribution < 1.29 is 69.3 Å². The van der Waals surface area contributed by atoms with Gasteiger partial charge in [0.05, 0.1) is 35.7 Å². The highest BCUT2D eigenvalue weighted by Gasteiger charge is 2.50. The van der Waals surface area contributed by atoms with Crippen LogP contribution in [0.3, 0.4) is 0 Å². The molecule has 28 heteroatoms. The third-order valence-electron chi connectivity index (χ3n) is 19.4. The Balaban J connectivity index is 0.00000459. The zero-order chi connectivity index (χ0) is 68.4. The van der Waals surface area contributed by atoms with E-state index in [1.54, 1.807) is 35.0 Å². The van der Waals surface area contributed by atoms with E-state index >= 15 is 0 Å². The van der Waals surface area contributed by atoms with Gasteiger partial charge in [-0.2, -0.15) is 26.3 Å². The van der Waals surface area contributed by atoms with Gasteiger partial charge in [0.2, 0.25) is 11.8 Å². The maximum Gasteiger partial charge on any atom is 0.416 e. The molecule has 538 valence electrons. The van der Waals surface area contributed by atoms with E-state index in [0.29, 0.717) is 131 Å². The maximum atomic E-state index is 14.2. The Morgan fingerprint density at radius 1 is 0.717 bits per heavy atom. The Labute approximate surface area is 595 Å². The van der Waals surface area contributed by atoms with Crippen molar-refractivity contribution >= 4 is 89.1 Å². The molecule has 0 saturated carbocycles. The number of anilines is 2. The number of likely N-dealkylation sites (tertiary alicyclic amines) is 2. The topological polar surface area (TPSA) is 172 Å². The Kier molecular flexibility index (Phi) is 28.0. The van der Waals surface area contributed by atoms with Crippen molar-refractivity contribution in [2.24, 2.45) is 0 Å². The first-order valence-electron chi connectivity index (χ1n) is 32.6. The van der Waals surface area contributed by atoms with E-state index in [2.05, 4.69) is 32.2 Å². The number of halogens is 10. The molecule has 4 heterocycles. The van der Waals surface area contributed by atoms with Crippen molar-refractivity contribution in [3.63, 3.8) is 0 Å². The summed E-state index contributed by atoms with van der Waals surface area (Å²) < 4.78 is 110. The van der Waals surface area contributed by atoms with Crippen LogP contribution in [-0.2, 0) is 48.9 Å². The van der Waals surface area contributed by atoms with Gasteiger partial charge in [-0.25, -0.2) is 14.2 Å². The van der Waals surface area contributed by atoms with Crippen molar-refractivity contribution in [2.75, 3.05) is 117 Å². The number of nitrogens with one attached hydrogen (secondary N) is 1. The number of unbranched alkanes of at least 4 members (excludes halogenated alkanes) is 2. The van der Waals surface area contributed by atoms with E-state index in [1.165, 1.54) is 40.5 Å². The number of alkyl halides is 6. The molecule has 3 aliphatic heterocycles. The molecule has 1 spiro atoms. The average Bonchev–Trinajstić information content (AvgIpc) is 1.64. The van der Waals surface area contributed by atoms with Gasteiger partial charge in [-0.3, -0.25) is 24.1 Å². The molecule has 0 radical (unpaired) electrons. The number of nitrogens with zero attached hydrogens (tertiary/aromatic N) is 8. The number of aromatic nitrogens is 1. The van der Waals surface area contributed by atoms with Crippen molar-refractivity contribution in [1.82, 2.24) is 34.4 Å². The fourth-order valence-electron chi connectivity index (χ4n) is 13.8. The lowest BCUT2D eigenvalue weighted by atomic mass is 9.72. The van der Waals surface area contributed by atoms with Crippen LogP contribution in [-0.4, -0.2) is 188 Å². The molecule has 1 aromatic heterocycles. The Morgan fingerprint density at radius 3 is 2.02 bits per heavy atom. The lowest BCUT2D eigenvalue weighted by Gasteiger charge is -2.44. The van der Waals surface area contributed by atoms with E-state index < -0.39 is 64.6 Å². The number of ether oxygens (including phenoxy) is 2. The fraction of sp³-hybridized carbons (Fsp3) is 0.465. The number of para-hydroxylation sites is 1. The number of carboxylic acid groups (broad SMARTS) is 1. The van der Waals surface area contributed by atoms with Gasteiger partial charge in [-0.1, -0.05) is 103 Å². The number of fused-ring (bicyclic) bond motifs is 2.